The molecule has 2 N–H and O–H groups in total. The van der Waals surface area contributed by atoms with Crippen molar-refractivity contribution >= 4 is 33.4 Å². The van der Waals surface area contributed by atoms with Crippen LogP contribution < -0.4 is 10.6 Å². The summed E-state index contributed by atoms with van der Waals surface area (Å²) < 4.78 is 27.1. The second-order valence-corrected chi connectivity index (χ2v) is 9.32. The van der Waals surface area contributed by atoms with Crippen molar-refractivity contribution < 1.29 is 18.0 Å². The Hall–Kier alpha value is -2.42. The smallest absolute Gasteiger partial charge is 0.251 e. The van der Waals surface area contributed by atoms with Crippen molar-refractivity contribution in [1.82, 2.24) is 14.9 Å². The summed E-state index contributed by atoms with van der Waals surface area (Å²) in [6, 6.07) is 14.1. The highest BCUT2D eigenvalue weighted by Crippen LogP contribution is 2.27. The molecular weight excluding hydrogens is 426 g/mol. The van der Waals surface area contributed by atoms with Gasteiger partial charge in [0.05, 0.1) is 4.90 Å². The minimum atomic E-state index is -3.77. The number of carbonyl (C=O) groups excluding carboxylic acids is 2. The van der Waals surface area contributed by atoms with Gasteiger partial charge < -0.3 is 10.6 Å². The van der Waals surface area contributed by atoms with Crippen molar-refractivity contribution in [2.24, 2.45) is 0 Å². The lowest BCUT2D eigenvalue weighted by molar-refractivity contribution is -0.124. The normalized spacial score (nSPS) is 16.9. The van der Waals surface area contributed by atoms with E-state index in [0.717, 1.165) is 0 Å². The van der Waals surface area contributed by atoms with Gasteiger partial charge in [-0.15, -0.1) is 0 Å². The van der Waals surface area contributed by atoms with Crippen LogP contribution in [0.5, 0.6) is 0 Å². The van der Waals surface area contributed by atoms with E-state index in [4.69, 9.17) is 11.6 Å². The first kappa shape index (κ1) is 22.3. The van der Waals surface area contributed by atoms with Gasteiger partial charge in [-0.2, -0.15) is 4.31 Å². The molecule has 1 heterocycles. The van der Waals surface area contributed by atoms with Crippen molar-refractivity contribution in [3.8, 4) is 0 Å². The Kier molecular flexibility index (Phi) is 7.47. The van der Waals surface area contributed by atoms with Gasteiger partial charge in [0.2, 0.25) is 15.9 Å². The highest BCUT2D eigenvalue weighted by atomic mass is 35.5. The molecule has 3 rings (SSSR count). The van der Waals surface area contributed by atoms with Crippen molar-refractivity contribution in [2.75, 3.05) is 19.6 Å². The van der Waals surface area contributed by atoms with Crippen LogP contribution >= 0.6 is 11.6 Å². The van der Waals surface area contributed by atoms with E-state index in [9.17, 15) is 18.0 Å². The van der Waals surface area contributed by atoms with Gasteiger partial charge in [-0.25, -0.2) is 8.42 Å². The summed E-state index contributed by atoms with van der Waals surface area (Å²) in [5.41, 5.74) is 0.579. The number of hydrogen-bond acceptors (Lipinski definition) is 4. The van der Waals surface area contributed by atoms with Crippen molar-refractivity contribution in [2.45, 2.75) is 30.2 Å². The molecule has 160 valence electrons. The van der Waals surface area contributed by atoms with Crippen LogP contribution in [0.1, 0.15) is 29.6 Å². The molecule has 1 saturated heterocycles. The number of benzene rings is 2. The molecule has 0 spiro atoms. The third-order valence-electron chi connectivity index (χ3n) is 4.90. The third kappa shape index (κ3) is 5.38. The average molecular weight is 450 g/mol. The molecular formula is C21H24ClN3O4S. The number of nitrogens with one attached hydrogen (secondary N) is 2. The van der Waals surface area contributed by atoms with E-state index in [-0.39, 0.29) is 16.7 Å². The molecule has 0 radical (unpaired) electrons. The number of sulfonamides is 1. The molecule has 2 aromatic carbocycles. The Morgan fingerprint density at radius 2 is 1.67 bits per heavy atom. The summed E-state index contributed by atoms with van der Waals surface area (Å²) in [6.07, 6.45) is 1.64. The fourth-order valence-electron chi connectivity index (χ4n) is 3.34. The van der Waals surface area contributed by atoms with Crippen molar-refractivity contribution in [1.29, 1.82) is 0 Å². The zero-order valence-electron chi connectivity index (χ0n) is 16.4. The summed E-state index contributed by atoms with van der Waals surface area (Å²) in [6.45, 7) is 1.06. The van der Waals surface area contributed by atoms with Gasteiger partial charge in [-0.05, 0) is 55.7 Å². The molecule has 7 nitrogen and oxygen atoms in total. The lowest BCUT2D eigenvalue weighted by Crippen LogP contribution is -2.46. The minimum Gasteiger partial charge on any atom is -0.355 e. The van der Waals surface area contributed by atoms with E-state index in [1.54, 1.807) is 24.3 Å². The largest absolute Gasteiger partial charge is 0.355 e. The van der Waals surface area contributed by atoms with Gasteiger partial charge in [0.15, 0.2) is 0 Å². The summed E-state index contributed by atoms with van der Waals surface area (Å²) in [4.78, 5) is 24.7. The Bertz CT molecular complexity index is 981. The first-order valence-electron chi connectivity index (χ1n) is 9.78. The summed E-state index contributed by atoms with van der Waals surface area (Å²) >= 11 is 5.84. The molecule has 0 aromatic heterocycles. The molecule has 2 aromatic rings. The third-order valence-corrected chi connectivity index (χ3v) is 7.08. The molecule has 2 amide bonds. The molecule has 1 fully saturated rings. The fourth-order valence-corrected chi connectivity index (χ4v) is 5.13. The van der Waals surface area contributed by atoms with Gasteiger partial charge >= 0.3 is 0 Å². The highest BCUT2D eigenvalue weighted by molar-refractivity contribution is 7.89. The first-order chi connectivity index (χ1) is 14.4. The topological polar surface area (TPSA) is 95.6 Å². The zero-order valence-corrected chi connectivity index (χ0v) is 18.0. The summed E-state index contributed by atoms with van der Waals surface area (Å²) in [5, 5.41) is 6.03. The van der Waals surface area contributed by atoms with Gasteiger partial charge in [0.25, 0.3) is 5.91 Å². The zero-order chi connectivity index (χ0) is 21.6. The number of halogens is 1. The SMILES string of the molecule is O=C(NCCCNC(=O)[C@H]1CCCN1S(=O)(=O)c1ccc(Cl)cc1)c1ccccc1. The summed E-state index contributed by atoms with van der Waals surface area (Å²) in [5.74, 6) is -0.489. The summed E-state index contributed by atoms with van der Waals surface area (Å²) in [7, 11) is -3.77. The van der Waals surface area contributed by atoms with E-state index in [1.807, 2.05) is 6.07 Å². The van der Waals surface area contributed by atoms with Crippen LogP contribution in [0.25, 0.3) is 0 Å². The van der Waals surface area contributed by atoms with Crippen LogP contribution in [-0.4, -0.2) is 50.2 Å². The van der Waals surface area contributed by atoms with Gasteiger partial charge in [0, 0.05) is 30.2 Å². The van der Waals surface area contributed by atoms with Crippen LogP contribution in [0.3, 0.4) is 0 Å². The average Bonchev–Trinajstić information content (AvgIpc) is 3.25. The lowest BCUT2D eigenvalue weighted by Gasteiger charge is -2.23. The maximum Gasteiger partial charge on any atom is 0.251 e. The standard InChI is InChI=1S/C21H24ClN3O4S/c22-17-9-11-18(12-10-17)30(28,29)25-15-4-8-19(25)21(27)24-14-5-13-23-20(26)16-6-2-1-3-7-16/h1-3,6-7,9-12,19H,4-5,8,13-15H2,(H,23,26)(H,24,27)/t19-/m1/s1. The van der Waals surface area contributed by atoms with Crippen LogP contribution in [-0.2, 0) is 14.8 Å². The molecule has 9 heteroatoms. The number of amides is 2. The molecule has 1 aliphatic rings. The van der Waals surface area contributed by atoms with Crippen LogP contribution in [0, 0.1) is 0 Å². The van der Waals surface area contributed by atoms with Crippen molar-refractivity contribution in [3.05, 3.63) is 65.2 Å². The number of rotatable bonds is 8. The Morgan fingerprint density at radius 3 is 2.37 bits per heavy atom. The molecule has 1 aliphatic heterocycles. The van der Waals surface area contributed by atoms with Gasteiger partial charge in [-0.3, -0.25) is 9.59 Å². The van der Waals surface area contributed by atoms with Crippen LogP contribution in [0.2, 0.25) is 5.02 Å². The monoisotopic (exact) mass is 449 g/mol. The number of hydrogen-bond donors (Lipinski definition) is 2. The lowest BCUT2D eigenvalue weighted by atomic mass is 10.2. The molecule has 0 saturated carbocycles. The van der Waals surface area contributed by atoms with Gasteiger partial charge in [0.1, 0.15) is 6.04 Å². The predicted molar refractivity (Wildman–Crippen MR) is 115 cm³/mol. The number of nitrogens with zero attached hydrogens (tertiary/aromatic N) is 1. The van der Waals surface area contributed by atoms with Gasteiger partial charge in [-0.1, -0.05) is 29.8 Å². The number of carbonyl (C=O) groups is 2. The molecule has 30 heavy (non-hydrogen) atoms. The Morgan fingerprint density at radius 1 is 1.00 bits per heavy atom. The molecule has 0 bridgehead atoms. The molecule has 1 atom stereocenters. The Balaban J connectivity index is 1.49. The molecule has 0 unspecified atom stereocenters. The first-order valence-corrected chi connectivity index (χ1v) is 11.6. The van der Waals surface area contributed by atoms with Crippen molar-refractivity contribution in [3.63, 3.8) is 0 Å². The quantitative estimate of drug-likeness (QED) is 0.605. The van der Waals surface area contributed by atoms with Crippen LogP contribution in [0.4, 0.5) is 0 Å². The van der Waals surface area contributed by atoms with E-state index in [1.165, 1.54) is 28.6 Å². The second-order valence-electron chi connectivity index (χ2n) is 6.99. The minimum absolute atomic E-state index is 0.121. The van der Waals surface area contributed by atoms with E-state index >= 15 is 0 Å². The second kappa shape index (κ2) is 10.1. The van der Waals surface area contributed by atoms with E-state index in [2.05, 4.69) is 10.6 Å². The maximum atomic E-state index is 12.9. The molecule has 0 aliphatic carbocycles. The Labute approximate surface area is 181 Å². The van der Waals surface area contributed by atoms with E-state index < -0.39 is 16.1 Å². The fraction of sp³-hybridized carbons (Fsp3) is 0.333. The van der Waals surface area contributed by atoms with E-state index in [0.29, 0.717) is 49.5 Å². The predicted octanol–water partition coefficient (Wildman–Crippen LogP) is 2.43. The maximum absolute atomic E-state index is 12.9. The highest BCUT2D eigenvalue weighted by Gasteiger charge is 2.39. The van der Waals surface area contributed by atoms with Crippen LogP contribution in [0.15, 0.2) is 59.5 Å².